The molecule has 0 aliphatic carbocycles. The Hall–Kier alpha value is -3.37. The van der Waals surface area contributed by atoms with Gasteiger partial charge in [-0.1, -0.05) is 18.2 Å². The second kappa shape index (κ2) is 13.1. The zero-order chi connectivity index (χ0) is 26.0. The van der Waals surface area contributed by atoms with Gasteiger partial charge in [0.1, 0.15) is 12.3 Å². The number of nitrogens with zero attached hydrogens (tertiary/aromatic N) is 1. The fourth-order valence-electron chi connectivity index (χ4n) is 3.36. The van der Waals surface area contributed by atoms with E-state index in [9.17, 15) is 13.2 Å². The zero-order valence-electron chi connectivity index (χ0n) is 20.5. The highest BCUT2D eigenvalue weighted by Gasteiger charge is 2.28. The van der Waals surface area contributed by atoms with E-state index in [0.29, 0.717) is 36.1 Å². The summed E-state index contributed by atoms with van der Waals surface area (Å²) in [6, 6.07) is 20.7. The molecule has 3 aromatic carbocycles. The summed E-state index contributed by atoms with van der Waals surface area (Å²) in [6.45, 7) is 2.35. The maximum Gasteiger partial charge on any atom is 0.264 e. The molecule has 10 heteroatoms. The largest absolute Gasteiger partial charge is 0.494 e. The summed E-state index contributed by atoms with van der Waals surface area (Å²) in [5.41, 5.74) is 0.335. The smallest absolute Gasteiger partial charge is 0.264 e. The first-order chi connectivity index (χ1) is 17.4. The third-order valence-electron chi connectivity index (χ3n) is 5.10. The lowest BCUT2D eigenvalue weighted by molar-refractivity contribution is -0.119. The van der Waals surface area contributed by atoms with Crippen molar-refractivity contribution < 1.29 is 27.4 Å². The molecule has 0 radical (unpaired) electrons. The maximum absolute atomic E-state index is 13.7. The number of sulfonamides is 1. The Balaban J connectivity index is 1.80. The van der Waals surface area contributed by atoms with Crippen molar-refractivity contribution in [3.05, 3.63) is 72.8 Å². The van der Waals surface area contributed by atoms with Crippen molar-refractivity contribution in [2.24, 2.45) is 0 Å². The fourth-order valence-corrected chi connectivity index (χ4v) is 5.58. The van der Waals surface area contributed by atoms with Gasteiger partial charge in [-0.05, 0) is 55.5 Å². The summed E-state index contributed by atoms with van der Waals surface area (Å²) >= 11 is 1.61. The first-order valence-corrected chi connectivity index (χ1v) is 13.7. The molecule has 36 heavy (non-hydrogen) atoms. The number of amides is 1. The van der Waals surface area contributed by atoms with Crippen LogP contribution in [0.1, 0.15) is 6.92 Å². The van der Waals surface area contributed by atoms with Gasteiger partial charge in [-0.3, -0.25) is 9.10 Å². The summed E-state index contributed by atoms with van der Waals surface area (Å²) in [5.74, 6) is 1.51. The number of rotatable bonds is 13. The lowest BCUT2D eigenvalue weighted by atomic mass is 10.3. The minimum absolute atomic E-state index is 0.0264. The number of methoxy groups -OCH3 is 2. The first kappa shape index (κ1) is 27.2. The van der Waals surface area contributed by atoms with Crippen molar-refractivity contribution in [2.75, 3.05) is 44.0 Å². The topological polar surface area (TPSA) is 94.2 Å². The normalized spacial score (nSPS) is 11.0. The number of carbonyl (C=O) groups is 1. The molecular weight excluding hydrogens is 500 g/mol. The number of hydrogen-bond donors (Lipinski definition) is 1. The van der Waals surface area contributed by atoms with Crippen LogP contribution < -0.4 is 23.8 Å². The van der Waals surface area contributed by atoms with Gasteiger partial charge >= 0.3 is 0 Å². The minimum atomic E-state index is -4.11. The third kappa shape index (κ3) is 7.08. The molecule has 0 bridgehead atoms. The molecule has 0 heterocycles. The average Bonchev–Trinajstić information content (AvgIpc) is 2.90. The number of benzene rings is 3. The molecule has 0 saturated carbocycles. The number of ether oxygens (including phenoxy) is 3. The van der Waals surface area contributed by atoms with Gasteiger partial charge in [-0.2, -0.15) is 0 Å². The lowest BCUT2D eigenvalue weighted by Gasteiger charge is -2.24. The Morgan fingerprint density at radius 2 is 1.64 bits per heavy atom. The Morgan fingerprint density at radius 3 is 2.28 bits per heavy atom. The van der Waals surface area contributed by atoms with Crippen LogP contribution in [0, 0.1) is 0 Å². The molecule has 192 valence electrons. The van der Waals surface area contributed by atoms with Crippen LogP contribution in [0.3, 0.4) is 0 Å². The van der Waals surface area contributed by atoms with E-state index in [0.717, 1.165) is 9.20 Å². The standard InChI is InChI=1S/C26H30N2O6S2/c1-4-34-21-12-10-20(11-13-21)28(19-26(29)27-16-17-35-22-8-6-5-7-9-22)36(30,31)23-14-15-24(32-2)25(18-23)33-3/h5-15,18H,4,16-17,19H2,1-3H3,(H,27,29). The molecule has 1 N–H and O–H groups in total. The van der Waals surface area contributed by atoms with E-state index in [1.807, 2.05) is 37.3 Å². The van der Waals surface area contributed by atoms with Crippen LogP contribution in [0.2, 0.25) is 0 Å². The lowest BCUT2D eigenvalue weighted by Crippen LogP contribution is -2.41. The van der Waals surface area contributed by atoms with Crippen molar-refractivity contribution in [3.8, 4) is 17.2 Å². The van der Waals surface area contributed by atoms with E-state index in [-0.39, 0.29) is 17.2 Å². The summed E-state index contributed by atoms with van der Waals surface area (Å²) in [7, 11) is -1.21. The molecule has 1 amide bonds. The van der Waals surface area contributed by atoms with E-state index in [1.54, 1.807) is 36.0 Å². The molecule has 0 atom stereocenters. The van der Waals surface area contributed by atoms with Crippen LogP contribution in [0.25, 0.3) is 0 Å². The number of hydrogen-bond acceptors (Lipinski definition) is 7. The van der Waals surface area contributed by atoms with E-state index < -0.39 is 15.9 Å². The molecule has 0 saturated heterocycles. The molecule has 0 unspecified atom stereocenters. The summed E-state index contributed by atoms with van der Waals surface area (Å²) < 4.78 is 44.4. The number of anilines is 1. The molecule has 3 rings (SSSR count). The molecule has 0 aromatic heterocycles. The Morgan fingerprint density at radius 1 is 0.944 bits per heavy atom. The second-order valence-electron chi connectivity index (χ2n) is 7.47. The average molecular weight is 531 g/mol. The highest BCUT2D eigenvalue weighted by Crippen LogP contribution is 2.32. The van der Waals surface area contributed by atoms with E-state index >= 15 is 0 Å². The van der Waals surface area contributed by atoms with Crippen molar-refractivity contribution in [3.63, 3.8) is 0 Å². The van der Waals surface area contributed by atoms with Crippen LogP contribution in [0.4, 0.5) is 5.69 Å². The van der Waals surface area contributed by atoms with Crippen LogP contribution in [0.5, 0.6) is 17.2 Å². The minimum Gasteiger partial charge on any atom is -0.494 e. The highest BCUT2D eigenvalue weighted by molar-refractivity contribution is 7.99. The third-order valence-corrected chi connectivity index (χ3v) is 7.89. The summed E-state index contributed by atoms with van der Waals surface area (Å²) in [6.07, 6.45) is 0. The molecule has 0 aliphatic heterocycles. The Labute approximate surface area is 216 Å². The highest BCUT2D eigenvalue weighted by atomic mass is 32.2. The van der Waals surface area contributed by atoms with Crippen LogP contribution >= 0.6 is 11.8 Å². The van der Waals surface area contributed by atoms with Gasteiger partial charge in [0.25, 0.3) is 10.0 Å². The van der Waals surface area contributed by atoms with Crippen LogP contribution in [-0.4, -0.2) is 54.0 Å². The molecule has 0 fully saturated rings. The fraction of sp³-hybridized carbons (Fsp3) is 0.269. The zero-order valence-corrected chi connectivity index (χ0v) is 22.1. The van der Waals surface area contributed by atoms with Crippen molar-refractivity contribution in [1.29, 1.82) is 0 Å². The van der Waals surface area contributed by atoms with Crippen molar-refractivity contribution >= 4 is 33.4 Å². The molecule has 3 aromatic rings. The van der Waals surface area contributed by atoms with Crippen LogP contribution in [-0.2, 0) is 14.8 Å². The molecule has 0 spiro atoms. The van der Waals surface area contributed by atoms with Crippen molar-refractivity contribution in [1.82, 2.24) is 5.32 Å². The van der Waals surface area contributed by atoms with Gasteiger partial charge in [0.2, 0.25) is 5.91 Å². The van der Waals surface area contributed by atoms with Gasteiger partial charge in [-0.25, -0.2) is 8.42 Å². The second-order valence-corrected chi connectivity index (χ2v) is 10.5. The maximum atomic E-state index is 13.7. The Bertz CT molecular complexity index is 1240. The number of thioether (sulfide) groups is 1. The van der Waals surface area contributed by atoms with Gasteiger partial charge in [0, 0.05) is 23.3 Å². The van der Waals surface area contributed by atoms with Gasteiger partial charge in [0.05, 0.1) is 31.4 Å². The Kier molecular flexibility index (Phi) is 9.89. The SMILES string of the molecule is CCOc1ccc(N(CC(=O)NCCSc2ccccc2)S(=O)(=O)c2ccc(OC)c(OC)c2)cc1. The van der Waals surface area contributed by atoms with E-state index in [4.69, 9.17) is 14.2 Å². The van der Waals surface area contributed by atoms with Gasteiger partial charge in [-0.15, -0.1) is 11.8 Å². The summed E-state index contributed by atoms with van der Waals surface area (Å²) in [4.78, 5) is 13.9. The number of carbonyl (C=O) groups excluding carboxylic acids is 1. The van der Waals surface area contributed by atoms with E-state index in [1.165, 1.54) is 32.4 Å². The van der Waals surface area contributed by atoms with E-state index in [2.05, 4.69) is 5.32 Å². The molecule has 8 nitrogen and oxygen atoms in total. The predicted molar refractivity (Wildman–Crippen MR) is 142 cm³/mol. The number of nitrogens with one attached hydrogen (secondary N) is 1. The quantitative estimate of drug-likeness (QED) is 0.261. The predicted octanol–water partition coefficient (Wildman–Crippen LogP) is 4.21. The first-order valence-electron chi connectivity index (χ1n) is 11.3. The monoisotopic (exact) mass is 530 g/mol. The summed E-state index contributed by atoms with van der Waals surface area (Å²) in [5, 5.41) is 2.81. The molecule has 0 aliphatic rings. The van der Waals surface area contributed by atoms with Crippen LogP contribution in [0.15, 0.2) is 82.6 Å². The van der Waals surface area contributed by atoms with Crippen molar-refractivity contribution in [2.45, 2.75) is 16.7 Å². The van der Waals surface area contributed by atoms with Gasteiger partial charge < -0.3 is 19.5 Å². The molecular formula is C26H30N2O6S2. The van der Waals surface area contributed by atoms with Gasteiger partial charge in [0.15, 0.2) is 11.5 Å².